The van der Waals surface area contributed by atoms with Gasteiger partial charge in [-0.15, -0.1) is 0 Å². The number of rotatable bonds is 11. The molecule has 0 radical (unpaired) electrons. The molecule has 184 valence electrons. The standard InChI is InChI=1S/C21H29NO11/c1-5-6-9-30-20(27)31-13(2)11-21(22,17(23)24)12-14-7-8-15(32-18(25)28-3)16(10-14)33-19(26)29-4/h7-8,10,13H,5-6,9,11-12,22H2,1-4H3,(H,23,24)/t13-,21?/m0/s1. The van der Waals surface area contributed by atoms with Gasteiger partial charge in [0.25, 0.3) is 0 Å². The smallest absolute Gasteiger partial charge is 0.480 e. The van der Waals surface area contributed by atoms with Gasteiger partial charge >= 0.3 is 24.4 Å². The zero-order valence-corrected chi connectivity index (χ0v) is 19.0. The molecule has 12 nitrogen and oxygen atoms in total. The first-order valence-electron chi connectivity index (χ1n) is 10.0. The molecule has 0 saturated heterocycles. The van der Waals surface area contributed by atoms with Crippen LogP contribution < -0.4 is 15.2 Å². The largest absolute Gasteiger partial charge is 0.513 e. The molecular formula is C21H29NO11. The highest BCUT2D eigenvalue weighted by atomic mass is 16.7. The van der Waals surface area contributed by atoms with E-state index in [1.807, 2.05) is 6.92 Å². The van der Waals surface area contributed by atoms with Crippen molar-refractivity contribution in [2.24, 2.45) is 5.73 Å². The normalized spacial score (nSPS) is 13.1. The fraction of sp³-hybridized carbons (Fsp3) is 0.524. The molecule has 33 heavy (non-hydrogen) atoms. The third-order valence-corrected chi connectivity index (χ3v) is 4.34. The van der Waals surface area contributed by atoms with Crippen molar-refractivity contribution in [2.75, 3.05) is 20.8 Å². The maximum absolute atomic E-state index is 11.9. The van der Waals surface area contributed by atoms with Crippen LogP contribution >= 0.6 is 0 Å². The Morgan fingerprint density at radius 2 is 1.64 bits per heavy atom. The van der Waals surface area contributed by atoms with Crippen molar-refractivity contribution in [1.82, 2.24) is 0 Å². The van der Waals surface area contributed by atoms with Gasteiger partial charge in [0.1, 0.15) is 11.6 Å². The monoisotopic (exact) mass is 471 g/mol. The van der Waals surface area contributed by atoms with E-state index in [-0.39, 0.29) is 30.9 Å². The summed E-state index contributed by atoms with van der Waals surface area (Å²) in [6.07, 6.45) is -2.91. The van der Waals surface area contributed by atoms with E-state index in [4.69, 9.17) is 24.7 Å². The predicted molar refractivity (Wildman–Crippen MR) is 112 cm³/mol. The number of carboxylic acid groups (broad SMARTS) is 1. The third kappa shape index (κ3) is 9.23. The highest BCUT2D eigenvalue weighted by Crippen LogP contribution is 2.31. The number of hydrogen-bond donors (Lipinski definition) is 2. The lowest BCUT2D eigenvalue weighted by atomic mass is 9.86. The minimum atomic E-state index is -1.85. The number of carboxylic acids is 1. The molecular weight excluding hydrogens is 442 g/mol. The Bertz CT molecular complexity index is 841. The molecule has 3 N–H and O–H groups in total. The highest BCUT2D eigenvalue weighted by molar-refractivity contribution is 5.79. The number of carbonyl (C=O) groups is 4. The Morgan fingerprint density at radius 1 is 1.03 bits per heavy atom. The summed E-state index contributed by atoms with van der Waals surface area (Å²) in [6, 6.07) is 3.97. The Morgan fingerprint density at radius 3 is 2.18 bits per heavy atom. The van der Waals surface area contributed by atoms with Crippen LogP contribution in [0.2, 0.25) is 0 Å². The van der Waals surface area contributed by atoms with E-state index in [1.54, 1.807) is 0 Å². The van der Waals surface area contributed by atoms with E-state index in [0.717, 1.165) is 20.6 Å². The van der Waals surface area contributed by atoms with Gasteiger partial charge in [0.15, 0.2) is 11.5 Å². The summed E-state index contributed by atoms with van der Waals surface area (Å²) in [4.78, 5) is 46.6. The molecule has 0 aliphatic rings. The number of aliphatic carboxylic acids is 1. The van der Waals surface area contributed by atoms with Crippen LogP contribution in [0.5, 0.6) is 11.5 Å². The molecule has 1 rings (SSSR count). The molecule has 0 heterocycles. The number of carbonyl (C=O) groups excluding carboxylic acids is 3. The van der Waals surface area contributed by atoms with E-state index in [9.17, 15) is 24.3 Å². The van der Waals surface area contributed by atoms with Crippen LogP contribution in [-0.2, 0) is 30.2 Å². The topological polar surface area (TPSA) is 170 Å². The summed E-state index contributed by atoms with van der Waals surface area (Å²) in [5.41, 5.74) is 4.60. The SMILES string of the molecule is CCCCOC(=O)O[C@@H](C)CC(N)(Cc1ccc(OC(=O)OC)c(OC(=O)OC)c1)C(=O)O. The van der Waals surface area contributed by atoms with E-state index in [0.29, 0.717) is 12.0 Å². The first kappa shape index (κ1) is 27.5. The highest BCUT2D eigenvalue weighted by Gasteiger charge is 2.37. The van der Waals surface area contributed by atoms with Crippen molar-refractivity contribution < 1.29 is 52.7 Å². The van der Waals surface area contributed by atoms with Crippen LogP contribution in [0.3, 0.4) is 0 Å². The van der Waals surface area contributed by atoms with E-state index >= 15 is 0 Å². The van der Waals surface area contributed by atoms with Crippen molar-refractivity contribution in [1.29, 1.82) is 0 Å². The number of hydrogen-bond acceptors (Lipinski definition) is 11. The first-order chi connectivity index (χ1) is 15.5. The van der Waals surface area contributed by atoms with Gasteiger partial charge in [-0.05, 0) is 31.0 Å². The van der Waals surface area contributed by atoms with Gasteiger partial charge in [0, 0.05) is 12.8 Å². The molecule has 0 bridgehead atoms. The minimum Gasteiger partial charge on any atom is -0.480 e. The van der Waals surface area contributed by atoms with Crippen LogP contribution in [0, 0.1) is 0 Å². The van der Waals surface area contributed by atoms with Crippen molar-refractivity contribution >= 4 is 24.4 Å². The van der Waals surface area contributed by atoms with Gasteiger partial charge in [0.2, 0.25) is 0 Å². The van der Waals surface area contributed by atoms with Crippen LogP contribution in [0.4, 0.5) is 14.4 Å². The summed E-state index contributed by atoms with van der Waals surface area (Å²) in [5.74, 6) is -1.73. The van der Waals surface area contributed by atoms with Gasteiger partial charge in [-0.25, -0.2) is 14.4 Å². The summed E-state index contributed by atoms with van der Waals surface area (Å²) in [6.45, 7) is 3.62. The average molecular weight is 471 g/mol. The summed E-state index contributed by atoms with van der Waals surface area (Å²) < 4.78 is 28.7. The zero-order valence-electron chi connectivity index (χ0n) is 19.0. The van der Waals surface area contributed by atoms with Crippen molar-refractivity contribution in [2.45, 2.75) is 51.2 Å². The number of nitrogens with two attached hydrogens (primary N) is 1. The van der Waals surface area contributed by atoms with E-state index in [2.05, 4.69) is 9.47 Å². The molecule has 0 saturated carbocycles. The molecule has 0 spiro atoms. The molecule has 0 aliphatic heterocycles. The van der Waals surface area contributed by atoms with E-state index in [1.165, 1.54) is 25.1 Å². The quantitative estimate of drug-likeness (QED) is 0.209. The molecule has 12 heteroatoms. The Labute approximate surface area is 190 Å². The predicted octanol–water partition coefficient (Wildman–Crippen LogP) is 3.03. The molecule has 1 unspecified atom stereocenters. The lowest BCUT2D eigenvalue weighted by Gasteiger charge is -2.28. The summed E-state index contributed by atoms with van der Waals surface area (Å²) in [7, 11) is 2.17. The lowest BCUT2D eigenvalue weighted by Crippen LogP contribution is -2.52. The van der Waals surface area contributed by atoms with Gasteiger partial charge in [-0.1, -0.05) is 19.4 Å². The molecule has 1 aromatic rings. The fourth-order valence-electron chi connectivity index (χ4n) is 2.74. The van der Waals surface area contributed by atoms with Crippen LogP contribution in [0.25, 0.3) is 0 Å². The molecule has 0 amide bonds. The lowest BCUT2D eigenvalue weighted by molar-refractivity contribution is -0.144. The third-order valence-electron chi connectivity index (χ3n) is 4.34. The Balaban J connectivity index is 3.03. The van der Waals surface area contributed by atoms with E-state index < -0.39 is 36.1 Å². The summed E-state index contributed by atoms with van der Waals surface area (Å²) >= 11 is 0. The van der Waals surface area contributed by atoms with Gasteiger partial charge in [-0.3, -0.25) is 4.79 Å². The van der Waals surface area contributed by atoms with Crippen LogP contribution in [0.15, 0.2) is 18.2 Å². The average Bonchev–Trinajstić information content (AvgIpc) is 2.75. The van der Waals surface area contributed by atoms with Gasteiger partial charge in [-0.2, -0.15) is 0 Å². The molecule has 0 fully saturated rings. The second-order valence-electron chi connectivity index (χ2n) is 7.12. The number of ether oxygens (including phenoxy) is 6. The first-order valence-corrected chi connectivity index (χ1v) is 10.0. The van der Waals surface area contributed by atoms with Crippen molar-refractivity contribution in [3.05, 3.63) is 23.8 Å². The maximum Gasteiger partial charge on any atom is 0.513 e. The van der Waals surface area contributed by atoms with Crippen molar-refractivity contribution in [3.8, 4) is 11.5 Å². The number of unbranched alkanes of at least 4 members (excludes halogenated alkanes) is 1. The zero-order chi connectivity index (χ0) is 25.0. The molecule has 0 aliphatic carbocycles. The molecule has 2 atom stereocenters. The van der Waals surface area contributed by atoms with Crippen LogP contribution in [0.1, 0.15) is 38.7 Å². The Hall–Kier alpha value is -3.54. The summed E-state index contributed by atoms with van der Waals surface area (Å²) in [5, 5.41) is 9.72. The minimum absolute atomic E-state index is 0.166. The second-order valence-corrected chi connectivity index (χ2v) is 7.12. The number of benzene rings is 1. The Kier molecular flexibility index (Phi) is 10.9. The molecule has 1 aromatic carbocycles. The van der Waals surface area contributed by atoms with Gasteiger partial charge < -0.3 is 39.3 Å². The van der Waals surface area contributed by atoms with Crippen LogP contribution in [-0.4, -0.2) is 62.0 Å². The molecule has 0 aromatic heterocycles. The van der Waals surface area contributed by atoms with Crippen molar-refractivity contribution in [3.63, 3.8) is 0 Å². The van der Waals surface area contributed by atoms with Gasteiger partial charge in [0.05, 0.1) is 20.8 Å². The number of methoxy groups -OCH3 is 2. The fourth-order valence-corrected chi connectivity index (χ4v) is 2.74. The maximum atomic E-state index is 11.9. The second kappa shape index (κ2) is 13.1.